The lowest BCUT2D eigenvalue weighted by Gasteiger charge is -2.15. The molecule has 1 aromatic rings. The highest BCUT2D eigenvalue weighted by Crippen LogP contribution is 2.18. The third kappa shape index (κ3) is 4.43. The summed E-state index contributed by atoms with van der Waals surface area (Å²) in [5.74, 6) is -2.37. The number of Topliss-reactive ketones (excluding diaryl/α,β-unsaturated/α-hetero) is 2. The molecule has 0 fully saturated rings. The standard InChI is InChI=1S/C12H16N2O8S2/c13-5-9(23(17,18)19)11(15)7-3-1-2-4-8(7)12(16)10(6-14)24(20,21)22/h1-4,9-10H,5-6,13-14H2,(H,17,18,19)(H,20,21,22). The molecule has 12 heteroatoms. The van der Waals surface area contributed by atoms with Crippen molar-refractivity contribution in [1.29, 1.82) is 0 Å². The molecule has 10 nitrogen and oxygen atoms in total. The van der Waals surface area contributed by atoms with Crippen molar-refractivity contribution in [3.05, 3.63) is 35.4 Å². The van der Waals surface area contributed by atoms with Gasteiger partial charge >= 0.3 is 0 Å². The largest absolute Gasteiger partial charge is 0.329 e. The summed E-state index contributed by atoms with van der Waals surface area (Å²) >= 11 is 0. The first-order valence-electron chi connectivity index (χ1n) is 6.45. The molecule has 0 bridgehead atoms. The minimum absolute atomic E-state index is 0.460. The Labute approximate surface area is 138 Å². The van der Waals surface area contributed by atoms with Crippen LogP contribution in [0.5, 0.6) is 0 Å². The van der Waals surface area contributed by atoms with Crippen LogP contribution in [0.25, 0.3) is 0 Å². The zero-order valence-electron chi connectivity index (χ0n) is 12.2. The predicted octanol–water partition coefficient (Wildman–Crippen LogP) is -1.52. The van der Waals surface area contributed by atoms with Crippen LogP contribution in [-0.4, -0.2) is 61.1 Å². The van der Waals surface area contributed by atoms with Crippen molar-refractivity contribution in [3.63, 3.8) is 0 Å². The van der Waals surface area contributed by atoms with Gasteiger partial charge in [0, 0.05) is 24.2 Å². The van der Waals surface area contributed by atoms with Crippen LogP contribution in [0, 0.1) is 0 Å². The van der Waals surface area contributed by atoms with Crippen LogP contribution in [0.15, 0.2) is 24.3 Å². The molecule has 1 rings (SSSR count). The highest BCUT2D eigenvalue weighted by Gasteiger charge is 2.36. The molecule has 0 aromatic heterocycles. The third-order valence-electron chi connectivity index (χ3n) is 3.19. The first-order valence-corrected chi connectivity index (χ1v) is 9.46. The molecular formula is C12H16N2O8S2. The van der Waals surface area contributed by atoms with Crippen LogP contribution < -0.4 is 11.5 Å². The number of carbonyl (C=O) groups is 2. The summed E-state index contributed by atoms with van der Waals surface area (Å²) in [7, 11) is -9.67. The maximum absolute atomic E-state index is 12.3. The van der Waals surface area contributed by atoms with Crippen LogP contribution in [0.4, 0.5) is 0 Å². The molecular weight excluding hydrogens is 364 g/mol. The number of hydrogen-bond acceptors (Lipinski definition) is 8. The Kier molecular flexibility index (Phi) is 6.32. The lowest BCUT2D eigenvalue weighted by molar-refractivity contribution is 0.0952. The molecule has 2 unspecified atom stereocenters. The average Bonchev–Trinajstić information content (AvgIpc) is 2.45. The van der Waals surface area contributed by atoms with Crippen LogP contribution in [-0.2, 0) is 20.2 Å². The lowest BCUT2D eigenvalue weighted by Crippen LogP contribution is -2.40. The Balaban J connectivity index is 3.46. The molecule has 0 saturated carbocycles. The van der Waals surface area contributed by atoms with E-state index in [0.717, 1.165) is 12.1 Å². The van der Waals surface area contributed by atoms with Crippen LogP contribution in [0.1, 0.15) is 20.7 Å². The van der Waals surface area contributed by atoms with Gasteiger partial charge in [0.15, 0.2) is 22.1 Å². The second kappa shape index (κ2) is 7.46. The highest BCUT2D eigenvalue weighted by atomic mass is 32.2. The van der Waals surface area contributed by atoms with Gasteiger partial charge in [0.2, 0.25) is 0 Å². The van der Waals surface area contributed by atoms with Crippen molar-refractivity contribution in [2.45, 2.75) is 10.5 Å². The molecule has 1 aromatic carbocycles. The predicted molar refractivity (Wildman–Crippen MR) is 83.9 cm³/mol. The lowest BCUT2D eigenvalue weighted by atomic mass is 9.97. The summed E-state index contributed by atoms with van der Waals surface area (Å²) in [6.45, 7) is -1.50. The van der Waals surface area contributed by atoms with E-state index in [1.54, 1.807) is 0 Å². The maximum atomic E-state index is 12.3. The summed E-state index contributed by atoms with van der Waals surface area (Å²) in [6, 6.07) is 4.74. The molecule has 6 N–H and O–H groups in total. The summed E-state index contributed by atoms with van der Waals surface area (Å²) in [6.07, 6.45) is 0. The first kappa shape index (κ1) is 20.3. The van der Waals surface area contributed by atoms with Gasteiger partial charge in [0.05, 0.1) is 0 Å². The van der Waals surface area contributed by atoms with Gasteiger partial charge in [-0.15, -0.1) is 0 Å². The topological polar surface area (TPSA) is 195 Å². The average molecular weight is 380 g/mol. The number of hydrogen-bond donors (Lipinski definition) is 4. The molecule has 0 heterocycles. The second-order valence-corrected chi connectivity index (χ2v) is 7.95. The van der Waals surface area contributed by atoms with E-state index in [4.69, 9.17) is 20.6 Å². The Hall–Kier alpha value is -1.70. The summed E-state index contributed by atoms with van der Waals surface area (Å²) in [4.78, 5) is 24.6. The van der Waals surface area contributed by atoms with Gasteiger partial charge in [-0.25, -0.2) is 0 Å². The van der Waals surface area contributed by atoms with Gasteiger partial charge in [-0.3, -0.25) is 18.7 Å². The van der Waals surface area contributed by atoms with Crippen molar-refractivity contribution in [3.8, 4) is 0 Å². The van der Waals surface area contributed by atoms with E-state index in [-0.39, 0.29) is 0 Å². The summed E-state index contributed by atoms with van der Waals surface area (Å²) in [5.41, 5.74) is 9.43. The van der Waals surface area contributed by atoms with E-state index in [9.17, 15) is 26.4 Å². The Morgan fingerprint density at radius 3 is 1.33 bits per heavy atom. The fraction of sp³-hybridized carbons (Fsp3) is 0.333. The zero-order chi connectivity index (χ0) is 18.7. The molecule has 0 saturated heterocycles. The molecule has 0 amide bonds. The van der Waals surface area contributed by atoms with Gasteiger partial charge in [-0.05, 0) is 0 Å². The summed E-state index contributed by atoms with van der Waals surface area (Å²) in [5, 5.41) is -4.04. The van der Waals surface area contributed by atoms with Gasteiger partial charge < -0.3 is 11.5 Å². The number of ketones is 2. The Morgan fingerprint density at radius 1 is 0.833 bits per heavy atom. The van der Waals surface area contributed by atoms with Crippen molar-refractivity contribution in [2.24, 2.45) is 11.5 Å². The van der Waals surface area contributed by atoms with Crippen LogP contribution >= 0.6 is 0 Å². The molecule has 0 aliphatic heterocycles. The number of carbonyl (C=O) groups excluding carboxylic acids is 2. The smallest absolute Gasteiger partial charge is 0.276 e. The minimum Gasteiger partial charge on any atom is -0.329 e. The molecule has 134 valence electrons. The van der Waals surface area contributed by atoms with Crippen molar-refractivity contribution in [1.82, 2.24) is 0 Å². The van der Waals surface area contributed by atoms with Crippen LogP contribution in [0.3, 0.4) is 0 Å². The van der Waals surface area contributed by atoms with E-state index in [2.05, 4.69) is 0 Å². The van der Waals surface area contributed by atoms with E-state index in [1.165, 1.54) is 12.1 Å². The molecule has 0 radical (unpaired) electrons. The molecule has 2 atom stereocenters. The third-order valence-corrected chi connectivity index (χ3v) is 5.44. The minimum atomic E-state index is -4.84. The fourth-order valence-corrected chi connectivity index (χ4v) is 3.27. The van der Waals surface area contributed by atoms with Gasteiger partial charge in [-0.1, -0.05) is 24.3 Å². The quantitative estimate of drug-likeness (QED) is 0.304. The van der Waals surface area contributed by atoms with Gasteiger partial charge in [0.25, 0.3) is 20.2 Å². The highest BCUT2D eigenvalue weighted by molar-refractivity contribution is 7.87. The number of rotatable bonds is 8. The monoisotopic (exact) mass is 380 g/mol. The van der Waals surface area contributed by atoms with E-state index >= 15 is 0 Å². The fourth-order valence-electron chi connectivity index (χ4n) is 1.99. The second-order valence-electron chi connectivity index (χ2n) is 4.75. The van der Waals surface area contributed by atoms with Crippen LogP contribution in [0.2, 0.25) is 0 Å². The van der Waals surface area contributed by atoms with E-state index in [0.29, 0.717) is 0 Å². The number of nitrogens with two attached hydrogens (primary N) is 2. The zero-order valence-corrected chi connectivity index (χ0v) is 13.8. The SMILES string of the molecule is NCC(C(=O)c1ccccc1C(=O)C(CN)S(=O)(=O)O)S(=O)(=O)O. The molecule has 0 aliphatic rings. The van der Waals surface area contributed by atoms with E-state index < -0.39 is 66.5 Å². The molecule has 0 spiro atoms. The first-order chi connectivity index (χ1) is 10.9. The maximum Gasteiger partial charge on any atom is 0.276 e. The van der Waals surface area contributed by atoms with Gasteiger partial charge in [0.1, 0.15) is 0 Å². The van der Waals surface area contributed by atoms with Crippen molar-refractivity contribution in [2.75, 3.05) is 13.1 Å². The Morgan fingerprint density at radius 2 is 1.12 bits per heavy atom. The molecule has 0 aliphatic carbocycles. The van der Waals surface area contributed by atoms with Crippen molar-refractivity contribution >= 4 is 31.8 Å². The molecule has 24 heavy (non-hydrogen) atoms. The van der Waals surface area contributed by atoms with Gasteiger partial charge in [-0.2, -0.15) is 16.8 Å². The van der Waals surface area contributed by atoms with Crippen molar-refractivity contribution < 1.29 is 35.5 Å². The van der Waals surface area contributed by atoms with E-state index in [1.807, 2.05) is 0 Å². The summed E-state index contributed by atoms with van der Waals surface area (Å²) < 4.78 is 63.0. The normalized spacial score (nSPS) is 14.8. The Bertz CT molecular complexity index is 777. The number of benzene rings is 1.